The van der Waals surface area contributed by atoms with Crippen LogP contribution in [0.25, 0.3) is 0 Å². The number of carbonyl (C=O) groups excluding carboxylic acids is 1. The van der Waals surface area contributed by atoms with E-state index in [9.17, 15) is 4.79 Å². The first-order valence-electron chi connectivity index (χ1n) is 9.53. The number of nitrogens with zero attached hydrogens (tertiary/aromatic N) is 1. The van der Waals surface area contributed by atoms with Crippen molar-refractivity contribution in [3.63, 3.8) is 0 Å². The van der Waals surface area contributed by atoms with Crippen LogP contribution in [0.1, 0.15) is 45.2 Å². The van der Waals surface area contributed by atoms with Crippen molar-refractivity contribution in [1.82, 2.24) is 21.1 Å². The highest BCUT2D eigenvalue weighted by atomic mass is 16.2. The molecule has 5 nitrogen and oxygen atoms in total. The van der Waals surface area contributed by atoms with Crippen LogP contribution in [0.2, 0.25) is 0 Å². The van der Waals surface area contributed by atoms with E-state index in [1.807, 2.05) is 18.2 Å². The summed E-state index contributed by atoms with van der Waals surface area (Å²) in [5.74, 6) is 0.789. The highest BCUT2D eigenvalue weighted by molar-refractivity contribution is 5.80. The summed E-state index contributed by atoms with van der Waals surface area (Å²) in [6, 6.07) is 10.2. The van der Waals surface area contributed by atoms with Crippen molar-refractivity contribution in [1.29, 1.82) is 0 Å². The molecule has 0 bridgehead atoms. The summed E-state index contributed by atoms with van der Waals surface area (Å²) in [6.07, 6.45) is 2.57. The van der Waals surface area contributed by atoms with Gasteiger partial charge in [-0.25, -0.2) is 5.43 Å². The number of benzene rings is 1. The van der Waals surface area contributed by atoms with Gasteiger partial charge in [-0.15, -0.1) is 0 Å². The summed E-state index contributed by atoms with van der Waals surface area (Å²) in [4.78, 5) is 15.3. The lowest BCUT2D eigenvalue weighted by Crippen LogP contribution is -2.55. The smallest absolute Gasteiger partial charge is 0.226 e. The lowest BCUT2D eigenvalue weighted by Gasteiger charge is -2.43. The van der Waals surface area contributed by atoms with Crippen LogP contribution >= 0.6 is 0 Å². The van der Waals surface area contributed by atoms with Crippen molar-refractivity contribution >= 4 is 5.91 Å². The van der Waals surface area contributed by atoms with Crippen molar-refractivity contribution in [3.05, 3.63) is 35.9 Å². The normalized spacial score (nSPS) is 28.0. The molecule has 3 N–H and O–H groups in total. The number of likely N-dealkylation sites (tertiary alicyclic amines) is 1. The predicted octanol–water partition coefficient (Wildman–Crippen LogP) is 2.08. The fourth-order valence-electron chi connectivity index (χ4n) is 4.00. The van der Waals surface area contributed by atoms with Crippen LogP contribution < -0.4 is 16.2 Å². The Morgan fingerprint density at radius 1 is 1.32 bits per heavy atom. The van der Waals surface area contributed by atoms with Crippen molar-refractivity contribution in [2.24, 2.45) is 11.8 Å². The number of hydrogen-bond acceptors (Lipinski definition) is 4. The molecule has 1 aromatic carbocycles. The molecule has 2 heterocycles. The number of rotatable bonds is 5. The Morgan fingerprint density at radius 3 is 2.80 bits per heavy atom. The Kier molecular flexibility index (Phi) is 5.77. The average Bonchev–Trinajstić information content (AvgIpc) is 3.10. The van der Waals surface area contributed by atoms with Crippen molar-refractivity contribution in [3.8, 4) is 0 Å². The number of hydrazine groups is 1. The molecule has 0 aliphatic carbocycles. The van der Waals surface area contributed by atoms with Gasteiger partial charge in [0.25, 0.3) is 0 Å². The fourth-order valence-corrected chi connectivity index (χ4v) is 4.00. The zero-order valence-corrected chi connectivity index (χ0v) is 15.7. The van der Waals surface area contributed by atoms with E-state index in [1.165, 1.54) is 12.8 Å². The molecule has 0 saturated carbocycles. The largest absolute Gasteiger partial charge is 0.354 e. The first-order chi connectivity index (χ1) is 12.0. The first-order valence-corrected chi connectivity index (χ1v) is 9.53. The van der Waals surface area contributed by atoms with Gasteiger partial charge in [0.2, 0.25) is 5.91 Å². The Hall–Kier alpha value is -1.43. The summed E-state index contributed by atoms with van der Waals surface area (Å²) in [7, 11) is 0. The number of amides is 1. The standard InChI is InChI=1S/C20H32N4O/c1-15-8-7-11-24(13-15)20(2,3)14-21-19(25)17-12-22-23-18(17)16-9-5-4-6-10-16/h4-6,9-10,15,17-18,22-23H,7-8,11-14H2,1-3H3,(H,21,25). The second-order valence-electron chi connectivity index (χ2n) is 8.24. The van der Waals surface area contributed by atoms with E-state index >= 15 is 0 Å². The first kappa shape index (κ1) is 18.4. The number of hydrogen-bond donors (Lipinski definition) is 3. The van der Waals surface area contributed by atoms with Gasteiger partial charge >= 0.3 is 0 Å². The maximum Gasteiger partial charge on any atom is 0.226 e. The summed E-state index contributed by atoms with van der Waals surface area (Å²) >= 11 is 0. The number of nitrogens with one attached hydrogen (secondary N) is 3. The third-order valence-corrected chi connectivity index (χ3v) is 5.69. The molecule has 5 heteroatoms. The highest BCUT2D eigenvalue weighted by Crippen LogP contribution is 2.26. The lowest BCUT2D eigenvalue weighted by atomic mass is 9.92. The molecule has 3 rings (SSSR count). The molecule has 0 spiro atoms. The maximum absolute atomic E-state index is 12.8. The van der Waals surface area contributed by atoms with Crippen LogP contribution in [0, 0.1) is 11.8 Å². The van der Waals surface area contributed by atoms with Gasteiger partial charge in [0.05, 0.1) is 12.0 Å². The lowest BCUT2D eigenvalue weighted by molar-refractivity contribution is -0.125. The van der Waals surface area contributed by atoms with Gasteiger partial charge in [0.15, 0.2) is 0 Å². The van der Waals surface area contributed by atoms with Gasteiger partial charge in [-0.2, -0.15) is 0 Å². The van der Waals surface area contributed by atoms with Crippen molar-refractivity contribution in [2.45, 2.75) is 45.2 Å². The van der Waals surface area contributed by atoms with Gasteiger partial charge in [0.1, 0.15) is 0 Å². The van der Waals surface area contributed by atoms with E-state index in [-0.39, 0.29) is 23.4 Å². The minimum atomic E-state index is -0.0847. The van der Waals surface area contributed by atoms with E-state index in [0.29, 0.717) is 13.1 Å². The number of piperidine rings is 1. The van der Waals surface area contributed by atoms with Gasteiger partial charge < -0.3 is 5.32 Å². The summed E-state index contributed by atoms with van der Waals surface area (Å²) in [6.45, 7) is 10.4. The van der Waals surface area contributed by atoms with Crippen molar-refractivity contribution in [2.75, 3.05) is 26.2 Å². The van der Waals surface area contributed by atoms with Crippen LogP contribution in [-0.4, -0.2) is 42.5 Å². The van der Waals surface area contributed by atoms with Gasteiger partial charge in [-0.3, -0.25) is 15.1 Å². The Balaban J connectivity index is 1.58. The van der Waals surface area contributed by atoms with Crippen LogP contribution in [0.15, 0.2) is 30.3 Å². The van der Waals surface area contributed by atoms with Crippen molar-refractivity contribution < 1.29 is 4.79 Å². The van der Waals surface area contributed by atoms with E-state index in [1.54, 1.807) is 0 Å². The molecule has 0 aromatic heterocycles. The molecule has 3 atom stereocenters. The minimum Gasteiger partial charge on any atom is -0.354 e. The maximum atomic E-state index is 12.8. The molecule has 25 heavy (non-hydrogen) atoms. The highest BCUT2D eigenvalue weighted by Gasteiger charge is 2.36. The quantitative estimate of drug-likeness (QED) is 0.765. The molecule has 2 fully saturated rings. The molecule has 1 aromatic rings. The van der Waals surface area contributed by atoms with E-state index in [2.05, 4.69) is 54.0 Å². The molecule has 2 aliphatic rings. The molecular formula is C20H32N4O. The van der Waals surface area contributed by atoms with Crippen LogP contribution in [-0.2, 0) is 4.79 Å². The molecule has 1 amide bonds. The van der Waals surface area contributed by atoms with Crippen LogP contribution in [0.4, 0.5) is 0 Å². The van der Waals surface area contributed by atoms with Gasteiger partial charge in [-0.1, -0.05) is 37.3 Å². The predicted molar refractivity (Wildman–Crippen MR) is 101 cm³/mol. The van der Waals surface area contributed by atoms with Gasteiger partial charge in [-0.05, 0) is 44.7 Å². The Labute approximate surface area is 151 Å². The summed E-state index contributed by atoms with van der Waals surface area (Å²) < 4.78 is 0. The second-order valence-corrected chi connectivity index (χ2v) is 8.24. The zero-order valence-electron chi connectivity index (χ0n) is 15.7. The average molecular weight is 345 g/mol. The third kappa shape index (κ3) is 4.40. The summed E-state index contributed by atoms with van der Waals surface area (Å²) in [5, 5.41) is 3.22. The molecule has 2 aliphatic heterocycles. The SMILES string of the molecule is CC1CCCN(C(C)(C)CNC(=O)C2CNNC2c2ccccc2)C1. The molecule has 138 valence electrons. The fraction of sp³-hybridized carbons (Fsp3) is 0.650. The Bertz CT molecular complexity index is 574. The third-order valence-electron chi connectivity index (χ3n) is 5.69. The monoisotopic (exact) mass is 344 g/mol. The molecular weight excluding hydrogens is 312 g/mol. The molecule has 3 unspecified atom stereocenters. The van der Waals surface area contributed by atoms with Crippen LogP contribution in [0.3, 0.4) is 0 Å². The van der Waals surface area contributed by atoms with Gasteiger partial charge in [0, 0.05) is 25.2 Å². The van der Waals surface area contributed by atoms with E-state index < -0.39 is 0 Å². The van der Waals surface area contributed by atoms with Crippen LogP contribution in [0.5, 0.6) is 0 Å². The summed E-state index contributed by atoms with van der Waals surface area (Å²) in [5.41, 5.74) is 7.54. The minimum absolute atomic E-state index is 0.00789. The Morgan fingerprint density at radius 2 is 2.08 bits per heavy atom. The zero-order chi connectivity index (χ0) is 17.9. The van der Waals surface area contributed by atoms with E-state index in [4.69, 9.17) is 0 Å². The van der Waals surface area contributed by atoms with E-state index in [0.717, 1.165) is 24.6 Å². The molecule has 2 saturated heterocycles. The molecule has 0 radical (unpaired) electrons. The topological polar surface area (TPSA) is 56.4 Å². The second kappa shape index (κ2) is 7.85. The number of carbonyl (C=O) groups is 1.